The summed E-state index contributed by atoms with van der Waals surface area (Å²) in [4.78, 5) is -0.466. The third kappa shape index (κ3) is 7.29. The summed E-state index contributed by atoms with van der Waals surface area (Å²) >= 11 is 0. The molecule has 7 heteroatoms. The van der Waals surface area contributed by atoms with Crippen LogP contribution in [0, 0.1) is 0 Å². The molecule has 0 aliphatic rings. The van der Waals surface area contributed by atoms with E-state index in [2.05, 4.69) is 6.92 Å². The first-order valence-electron chi connectivity index (χ1n) is 8.45. The molecule has 0 unspecified atom stereocenters. The van der Waals surface area contributed by atoms with E-state index in [9.17, 15) is 13.5 Å². The minimum Gasteiger partial charge on any atom is -0.872 e. The van der Waals surface area contributed by atoms with Crippen molar-refractivity contribution in [3.05, 3.63) is 48.0 Å². The topological polar surface area (TPSA) is 86.7 Å². The van der Waals surface area contributed by atoms with Crippen LogP contribution >= 0.6 is 0 Å². The van der Waals surface area contributed by atoms with E-state index in [0.29, 0.717) is 5.75 Å². The first-order valence-corrected chi connectivity index (χ1v) is 9.89. The largest absolute Gasteiger partial charge is 1.00 e. The Labute approximate surface area is 177 Å². The molecular formula is C19H23NaO5S. The van der Waals surface area contributed by atoms with E-state index in [0.717, 1.165) is 37.0 Å². The zero-order valence-corrected chi connectivity index (χ0v) is 18.1. The molecule has 0 radical (unpaired) electrons. The monoisotopic (exact) mass is 386 g/mol. The van der Waals surface area contributed by atoms with Crippen molar-refractivity contribution in [2.45, 2.75) is 50.3 Å². The van der Waals surface area contributed by atoms with Gasteiger partial charge in [-0.25, -0.2) is 0 Å². The molecule has 0 aliphatic carbocycles. The van der Waals surface area contributed by atoms with Crippen LogP contribution in [-0.2, 0) is 16.5 Å². The molecule has 0 spiro atoms. The maximum atomic E-state index is 11.6. The Bertz CT molecular complexity index is 805. The van der Waals surface area contributed by atoms with Crippen LogP contribution in [0.1, 0.15) is 44.6 Å². The molecule has 0 saturated heterocycles. The van der Waals surface area contributed by atoms with Crippen molar-refractivity contribution in [1.82, 2.24) is 0 Å². The van der Waals surface area contributed by atoms with Gasteiger partial charge in [-0.05, 0) is 36.6 Å². The van der Waals surface area contributed by atoms with Crippen molar-refractivity contribution in [3.8, 4) is 17.2 Å². The molecule has 2 rings (SSSR count). The van der Waals surface area contributed by atoms with Gasteiger partial charge in [0, 0.05) is 6.07 Å². The molecule has 0 aliphatic heterocycles. The molecule has 136 valence electrons. The van der Waals surface area contributed by atoms with Crippen molar-refractivity contribution in [1.29, 1.82) is 0 Å². The number of rotatable bonds is 9. The van der Waals surface area contributed by atoms with Gasteiger partial charge in [-0.3, -0.25) is 4.55 Å². The Morgan fingerprint density at radius 1 is 1.04 bits per heavy atom. The standard InChI is InChI=1S/C19H24O5S.Na/c1-2-3-4-5-6-9-15-10-7-8-11-19(15)24-17-12-16(20)13-18(14-17)25(21,22)23;/h7-8,10-14,20H,2-6,9H2,1H3,(H,21,22,23);/q;+1/p-1. The predicted molar refractivity (Wildman–Crippen MR) is 94.7 cm³/mol. The summed E-state index contributed by atoms with van der Waals surface area (Å²) in [6.45, 7) is 2.17. The van der Waals surface area contributed by atoms with Crippen LogP contribution in [0.25, 0.3) is 0 Å². The first kappa shape index (κ1) is 23.0. The van der Waals surface area contributed by atoms with Gasteiger partial charge in [0.25, 0.3) is 10.1 Å². The average Bonchev–Trinajstić information content (AvgIpc) is 2.55. The number of hydrogen-bond acceptors (Lipinski definition) is 4. The second-order valence-corrected chi connectivity index (χ2v) is 7.41. The fourth-order valence-corrected chi connectivity index (χ4v) is 3.14. The van der Waals surface area contributed by atoms with Gasteiger partial charge in [0.05, 0.1) is 4.90 Å². The Balaban J connectivity index is 0.00000338. The molecule has 0 atom stereocenters. The van der Waals surface area contributed by atoms with Crippen molar-refractivity contribution in [3.63, 3.8) is 0 Å². The van der Waals surface area contributed by atoms with E-state index in [1.165, 1.54) is 25.3 Å². The molecule has 0 aromatic heterocycles. The van der Waals surface area contributed by atoms with Crippen molar-refractivity contribution in [2.75, 3.05) is 0 Å². The van der Waals surface area contributed by atoms with Crippen LogP contribution in [0.4, 0.5) is 0 Å². The summed E-state index contributed by atoms with van der Waals surface area (Å²) in [6, 6.07) is 10.7. The van der Waals surface area contributed by atoms with Crippen LogP contribution in [0.5, 0.6) is 17.2 Å². The summed E-state index contributed by atoms with van der Waals surface area (Å²) in [5.41, 5.74) is 1.00. The number of ether oxygens (including phenoxy) is 1. The summed E-state index contributed by atoms with van der Waals surface area (Å²) in [5, 5.41) is 11.6. The van der Waals surface area contributed by atoms with Crippen LogP contribution in [0.2, 0.25) is 0 Å². The third-order valence-corrected chi connectivity index (χ3v) is 4.73. The van der Waals surface area contributed by atoms with Gasteiger partial charge in [-0.1, -0.05) is 50.8 Å². The Hall–Kier alpha value is -1.05. The molecule has 1 N–H and O–H groups in total. The fraction of sp³-hybridized carbons (Fsp3) is 0.368. The van der Waals surface area contributed by atoms with E-state index in [1.54, 1.807) is 6.07 Å². The smallest absolute Gasteiger partial charge is 0.872 e. The number of para-hydroxylation sites is 1. The summed E-state index contributed by atoms with van der Waals surface area (Å²) in [5.74, 6) is 0.144. The number of aryl methyl sites for hydroxylation is 1. The zero-order valence-electron chi connectivity index (χ0n) is 15.3. The minimum absolute atomic E-state index is 0. The molecule has 26 heavy (non-hydrogen) atoms. The quantitative estimate of drug-likeness (QED) is 0.399. The fourth-order valence-electron chi connectivity index (χ4n) is 2.61. The Morgan fingerprint density at radius 3 is 2.42 bits per heavy atom. The number of benzene rings is 2. The van der Waals surface area contributed by atoms with Gasteiger partial charge in [0.2, 0.25) is 0 Å². The van der Waals surface area contributed by atoms with Gasteiger partial charge in [0.1, 0.15) is 11.5 Å². The van der Waals surface area contributed by atoms with Gasteiger partial charge >= 0.3 is 29.6 Å². The summed E-state index contributed by atoms with van der Waals surface area (Å²) in [7, 11) is -4.45. The maximum Gasteiger partial charge on any atom is 1.00 e. The van der Waals surface area contributed by atoms with Crippen molar-refractivity contribution >= 4 is 10.1 Å². The maximum absolute atomic E-state index is 11.6. The van der Waals surface area contributed by atoms with Crippen LogP contribution in [-0.4, -0.2) is 13.0 Å². The second-order valence-electron chi connectivity index (χ2n) is 5.99. The average molecular weight is 386 g/mol. The zero-order chi connectivity index (χ0) is 18.3. The van der Waals surface area contributed by atoms with Crippen molar-refractivity contribution in [2.24, 2.45) is 0 Å². The number of unbranched alkanes of at least 4 members (excludes halogenated alkanes) is 4. The van der Waals surface area contributed by atoms with E-state index in [4.69, 9.17) is 9.29 Å². The van der Waals surface area contributed by atoms with E-state index >= 15 is 0 Å². The molecule has 0 saturated carbocycles. The van der Waals surface area contributed by atoms with Crippen molar-refractivity contribution < 1.29 is 52.4 Å². The van der Waals surface area contributed by atoms with E-state index in [1.807, 2.05) is 18.2 Å². The van der Waals surface area contributed by atoms with Gasteiger partial charge in [-0.2, -0.15) is 8.42 Å². The van der Waals surface area contributed by atoms with Gasteiger partial charge in [-0.15, -0.1) is 5.75 Å². The third-order valence-electron chi connectivity index (χ3n) is 3.90. The first-order chi connectivity index (χ1) is 11.9. The number of hydrogen-bond donors (Lipinski definition) is 1. The predicted octanol–water partition coefficient (Wildman–Crippen LogP) is 1.32. The molecule has 0 fully saturated rings. The Kier molecular flexibility index (Phi) is 9.68. The van der Waals surface area contributed by atoms with Crippen LogP contribution in [0.15, 0.2) is 47.4 Å². The molecule has 0 bridgehead atoms. The van der Waals surface area contributed by atoms with Gasteiger partial charge < -0.3 is 9.84 Å². The van der Waals surface area contributed by atoms with E-state index in [-0.39, 0.29) is 35.3 Å². The van der Waals surface area contributed by atoms with Crippen LogP contribution in [0.3, 0.4) is 0 Å². The van der Waals surface area contributed by atoms with E-state index < -0.39 is 20.8 Å². The second kappa shape index (κ2) is 10.9. The normalized spacial score (nSPS) is 11.0. The molecule has 5 nitrogen and oxygen atoms in total. The SMILES string of the molecule is CCCCCCCc1ccccc1Oc1cc([O-])cc(S(=O)(=O)O)c1.[Na+]. The minimum atomic E-state index is -4.45. The summed E-state index contributed by atoms with van der Waals surface area (Å²) < 4.78 is 37.3. The van der Waals surface area contributed by atoms with Gasteiger partial charge in [0.15, 0.2) is 0 Å². The molecular weight excluding hydrogens is 363 g/mol. The molecule has 2 aromatic rings. The molecule has 0 amide bonds. The summed E-state index contributed by atoms with van der Waals surface area (Å²) in [6.07, 6.45) is 6.66. The molecule has 0 heterocycles. The Morgan fingerprint density at radius 2 is 1.73 bits per heavy atom. The molecule has 2 aromatic carbocycles. The van der Waals surface area contributed by atoms with Crippen LogP contribution < -0.4 is 39.4 Å².